The molecule has 178 valence electrons. The first-order valence-corrected chi connectivity index (χ1v) is 12.8. The molecule has 7 nitrogen and oxygen atoms in total. The van der Waals surface area contributed by atoms with Gasteiger partial charge in [0.05, 0.1) is 9.37 Å². The lowest BCUT2D eigenvalue weighted by Gasteiger charge is -2.39. The van der Waals surface area contributed by atoms with Crippen LogP contribution in [0.25, 0.3) is 0 Å². The molecule has 3 rings (SSSR count). The fourth-order valence-corrected chi connectivity index (χ4v) is 5.48. The lowest BCUT2D eigenvalue weighted by atomic mass is 10.0. The van der Waals surface area contributed by atoms with Crippen LogP contribution >= 0.6 is 15.9 Å². The molecule has 0 bridgehead atoms. The van der Waals surface area contributed by atoms with Crippen LogP contribution in [0.5, 0.6) is 0 Å². The third kappa shape index (κ3) is 5.80. The molecular weight excluding hydrogens is 513 g/mol. The zero-order chi connectivity index (χ0) is 24.3. The van der Waals surface area contributed by atoms with E-state index >= 15 is 0 Å². The average Bonchev–Trinajstić information content (AvgIpc) is 2.78. The van der Waals surface area contributed by atoms with E-state index in [0.29, 0.717) is 5.92 Å². The molecule has 1 heterocycles. The summed E-state index contributed by atoms with van der Waals surface area (Å²) in [5.74, 6) is -1.10. The van der Waals surface area contributed by atoms with Crippen molar-refractivity contribution in [3.05, 3.63) is 63.9 Å². The van der Waals surface area contributed by atoms with E-state index in [1.54, 1.807) is 0 Å². The van der Waals surface area contributed by atoms with Gasteiger partial charge in [0.1, 0.15) is 11.9 Å². The lowest BCUT2D eigenvalue weighted by molar-refractivity contribution is -0.134. The van der Waals surface area contributed by atoms with Crippen LogP contribution in [0, 0.1) is 5.82 Å². The largest absolute Gasteiger partial charge is 0.351 e. The molecule has 10 heteroatoms. The van der Waals surface area contributed by atoms with E-state index in [4.69, 9.17) is 0 Å². The van der Waals surface area contributed by atoms with Gasteiger partial charge in [-0.25, -0.2) is 12.8 Å². The second-order valence-electron chi connectivity index (χ2n) is 8.29. The molecule has 2 amide bonds. The van der Waals surface area contributed by atoms with Crippen molar-refractivity contribution in [3.8, 4) is 0 Å². The van der Waals surface area contributed by atoms with Crippen LogP contribution in [-0.4, -0.2) is 55.1 Å². The second-order valence-corrected chi connectivity index (χ2v) is 11.0. The van der Waals surface area contributed by atoms with E-state index in [1.165, 1.54) is 29.5 Å². The van der Waals surface area contributed by atoms with Crippen molar-refractivity contribution in [2.75, 3.05) is 19.6 Å². The fraction of sp³-hybridized carbons (Fsp3) is 0.391. The van der Waals surface area contributed by atoms with E-state index in [0.717, 1.165) is 15.9 Å². The molecule has 1 aliphatic rings. The number of hydrogen-bond donors (Lipinski definition) is 1. The Morgan fingerprint density at radius 3 is 2.39 bits per heavy atom. The molecule has 33 heavy (non-hydrogen) atoms. The Kier molecular flexibility index (Phi) is 7.92. The van der Waals surface area contributed by atoms with E-state index in [2.05, 4.69) is 35.1 Å². The van der Waals surface area contributed by atoms with Gasteiger partial charge in [-0.15, -0.1) is 0 Å². The first-order valence-electron chi connectivity index (χ1n) is 10.6. The summed E-state index contributed by atoms with van der Waals surface area (Å²) >= 11 is 3.01. The average molecular weight is 540 g/mol. The molecular formula is C23H27BrFN3O4S. The van der Waals surface area contributed by atoms with Gasteiger partial charge in [-0.3, -0.25) is 9.59 Å². The highest BCUT2D eigenvalue weighted by atomic mass is 79.9. The van der Waals surface area contributed by atoms with Crippen molar-refractivity contribution in [1.29, 1.82) is 0 Å². The van der Waals surface area contributed by atoms with Gasteiger partial charge in [0.15, 0.2) is 0 Å². The van der Waals surface area contributed by atoms with Gasteiger partial charge < -0.3 is 10.2 Å². The van der Waals surface area contributed by atoms with Crippen molar-refractivity contribution < 1.29 is 22.4 Å². The predicted molar refractivity (Wildman–Crippen MR) is 126 cm³/mol. The maximum Gasteiger partial charge on any atom is 0.244 e. The second kappa shape index (κ2) is 10.3. The normalized spacial score (nSPS) is 17.3. The first-order chi connectivity index (χ1) is 15.5. The molecule has 2 aromatic rings. The fourth-order valence-electron chi connectivity index (χ4n) is 3.65. The monoisotopic (exact) mass is 539 g/mol. The molecule has 1 aliphatic heterocycles. The van der Waals surface area contributed by atoms with Gasteiger partial charge in [0.2, 0.25) is 21.8 Å². The van der Waals surface area contributed by atoms with Gasteiger partial charge in [0, 0.05) is 33.1 Å². The number of benzene rings is 2. The van der Waals surface area contributed by atoms with Crippen LogP contribution in [0.4, 0.5) is 4.39 Å². The summed E-state index contributed by atoms with van der Waals surface area (Å²) in [5, 5.41) is 2.79. The Labute approximate surface area is 202 Å². The first kappa shape index (κ1) is 25.3. The van der Waals surface area contributed by atoms with Gasteiger partial charge in [-0.05, 0) is 51.2 Å². The van der Waals surface area contributed by atoms with E-state index < -0.39 is 27.8 Å². The van der Waals surface area contributed by atoms with Crippen LogP contribution in [0.1, 0.15) is 37.8 Å². The number of carbonyl (C=O) groups is 2. The topological polar surface area (TPSA) is 86.8 Å². The van der Waals surface area contributed by atoms with Gasteiger partial charge in [-0.2, -0.15) is 4.31 Å². The summed E-state index contributed by atoms with van der Waals surface area (Å²) in [5.41, 5.74) is 2.05. The van der Waals surface area contributed by atoms with Gasteiger partial charge in [-0.1, -0.05) is 38.1 Å². The zero-order valence-corrected chi connectivity index (χ0v) is 21.1. The number of nitrogens with one attached hydrogen (secondary N) is 1. The highest BCUT2D eigenvalue weighted by Crippen LogP contribution is 2.25. The molecule has 0 saturated carbocycles. The molecule has 0 aromatic heterocycles. The summed E-state index contributed by atoms with van der Waals surface area (Å²) in [6, 6.07) is 10.2. The number of halogens is 2. The number of carbonyl (C=O) groups excluding carboxylic acids is 2. The van der Waals surface area contributed by atoms with E-state index in [9.17, 15) is 22.4 Å². The summed E-state index contributed by atoms with van der Waals surface area (Å²) in [6.07, 6.45) is 0. The quantitative estimate of drug-likeness (QED) is 0.610. The third-order valence-electron chi connectivity index (χ3n) is 5.69. The maximum absolute atomic E-state index is 14.0. The number of nitrogens with zero attached hydrogens (tertiary/aromatic N) is 2. The summed E-state index contributed by atoms with van der Waals surface area (Å²) in [4.78, 5) is 26.2. The lowest BCUT2D eigenvalue weighted by Crippen LogP contribution is -2.61. The Hall–Kier alpha value is -2.30. The molecule has 0 radical (unpaired) electrons. The number of sulfonamides is 1. The van der Waals surface area contributed by atoms with Crippen molar-refractivity contribution in [1.82, 2.24) is 14.5 Å². The number of rotatable bonds is 6. The highest BCUT2D eigenvalue weighted by Gasteiger charge is 2.40. The molecule has 0 aliphatic carbocycles. The molecule has 1 saturated heterocycles. The number of hydrogen-bond acceptors (Lipinski definition) is 4. The van der Waals surface area contributed by atoms with Gasteiger partial charge in [0.25, 0.3) is 0 Å². The van der Waals surface area contributed by atoms with Crippen LogP contribution in [-0.2, 0) is 26.2 Å². The van der Waals surface area contributed by atoms with Crippen LogP contribution < -0.4 is 5.32 Å². The molecule has 1 fully saturated rings. The zero-order valence-electron chi connectivity index (χ0n) is 18.7. The Morgan fingerprint density at radius 1 is 1.15 bits per heavy atom. The summed E-state index contributed by atoms with van der Waals surface area (Å²) in [7, 11) is -4.17. The highest BCUT2D eigenvalue weighted by molar-refractivity contribution is 9.10. The molecule has 1 N–H and O–H groups in total. The smallest absolute Gasteiger partial charge is 0.244 e. The van der Waals surface area contributed by atoms with Crippen molar-refractivity contribution in [2.45, 2.75) is 44.2 Å². The molecule has 2 aromatic carbocycles. The van der Waals surface area contributed by atoms with E-state index in [-0.39, 0.29) is 41.5 Å². The van der Waals surface area contributed by atoms with Gasteiger partial charge >= 0.3 is 0 Å². The van der Waals surface area contributed by atoms with Crippen LogP contribution in [0.15, 0.2) is 51.8 Å². The summed E-state index contributed by atoms with van der Waals surface area (Å²) in [6.45, 7) is 5.77. The molecule has 0 unspecified atom stereocenters. The minimum atomic E-state index is -4.17. The van der Waals surface area contributed by atoms with Crippen molar-refractivity contribution in [2.24, 2.45) is 0 Å². The summed E-state index contributed by atoms with van der Waals surface area (Å²) < 4.78 is 41.8. The van der Waals surface area contributed by atoms with Crippen LogP contribution in [0.3, 0.4) is 0 Å². The SMILES string of the molecule is CC(=O)N1CCN(S(=O)(=O)c2ccc(Br)c(F)c2)[C@@H](C(=O)NCc2ccc(C(C)C)cc2)C1. The Balaban J connectivity index is 1.82. The minimum absolute atomic E-state index is 0.0687. The minimum Gasteiger partial charge on any atom is -0.351 e. The maximum atomic E-state index is 14.0. The van der Waals surface area contributed by atoms with Crippen molar-refractivity contribution in [3.63, 3.8) is 0 Å². The molecule has 0 spiro atoms. The predicted octanol–water partition coefficient (Wildman–Crippen LogP) is 3.25. The van der Waals surface area contributed by atoms with E-state index in [1.807, 2.05) is 24.3 Å². The standard InChI is InChI=1S/C23H27BrFN3O4S/c1-15(2)18-6-4-17(5-7-18)13-26-23(30)22-14-27(16(3)29)10-11-28(22)33(31,32)19-8-9-20(24)21(25)12-19/h4-9,12,15,22H,10-11,13-14H2,1-3H3,(H,26,30)/t22-/m1/s1. The Bertz CT molecular complexity index is 1140. The third-order valence-corrected chi connectivity index (χ3v) is 8.24. The van der Waals surface area contributed by atoms with Crippen LogP contribution in [0.2, 0.25) is 0 Å². The molecule has 1 atom stereocenters. The number of amides is 2. The number of piperazine rings is 1. The Morgan fingerprint density at radius 2 is 1.82 bits per heavy atom. The van der Waals surface area contributed by atoms with Crippen molar-refractivity contribution >= 4 is 37.8 Å².